The van der Waals surface area contributed by atoms with E-state index in [4.69, 9.17) is 5.73 Å². The van der Waals surface area contributed by atoms with Crippen LogP contribution >= 0.6 is 0 Å². The maximum absolute atomic E-state index is 11.7. The first-order valence-electron chi connectivity index (χ1n) is 7.16. The van der Waals surface area contributed by atoms with Crippen molar-refractivity contribution >= 4 is 22.5 Å². The maximum Gasteiger partial charge on any atom is 0.240 e. The van der Waals surface area contributed by atoms with Crippen LogP contribution in [0.2, 0.25) is 0 Å². The minimum Gasteiger partial charge on any atom is -0.325 e. The third kappa shape index (κ3) is 2.71. The number of nitrogens with zero attached hydrogens (tertiary/aromatic N) is 2. The monoisotopic (exact) mass is 294 g/mol. The second-order valence-electron chi connectivity index (χ2n) is 5.45. The van der Waals surface area contributed by atoms with Gasteiger partial charge < -0.3 is 11.1 Å². The molecule has 3 N–H and O–H groups in total. The highest BCUT2D eigenvalue weighted by Crippen LogP contribution is 2.22. The van der Waals surface area contributed by atoms with Crippen molar-refractivity contribution in [1.82, 2.24) is 9.78 Å². The zero-order chi connectivity index (χ0) is 15.7. The molecule has 0 unspecified atom stereocenters. The fraction of sp³-hybridized carbons (Fsp3) is 0.176. The van der Waals surface area contributed by atoms with Gasteiger partial charge in [0.15, 0.2) is 0 Å². The lowest BCUT2D eigenvalue weighted by Crippen LogP contribution is -2.32. The molecular formula is C17H18N4O. The smallest absolute Gasteiger partial charge is 0.240 e. The van der Waals surface area contributed by atoms with E-state index in [1.165, 1.54) is 5.56 Å². The standard InChI is InChI=1S/C17H18N4O/c1-11-4-3-5-15(8-11)21-16-9-14(20-17(22)12(2)18)7-6-13(16)10-19-21/h3-10,12H,18H2,1-2H3,(H,20,22)/t12-/m0/s1. The minimum atomic E-state index is -0.544. The van der Waals surface area contributed by atoms with E-state index in [2.05, 4.69) is 16.5 Å². The highest BCUT2D eigenvalue weighted by atomic mass is 16.2. The molecule has 3 aromatic rings. The first-order valence-corrected chi connectivity index (χ1v) is 7.16. The Bertz CT molecular complexity index is 836. The molecule has 1 atom stereocenters. The Labute approximate surface area is 128 Å². The van der Waals surface area contributed by atoms with E-state index in [0.29, 0.717) is 5.69 Å². The van der Waals surface area contributed by atoms with E-state index in [0.717, 1.165) is 16.6 Å². The molecule has 22 heavy (non-hydrogen) atoms. The van der Waals surface area contributed by atoms with E-state index in [1.807, 2.05) is 54.2 Å². The predicted octanol–water partition coefficient (Wildman–Crippen LogP) is 2.62. The van der Waals surface area contributed by atoms with Crippen molar-refractivity contribution in [2.75, 3.05) is 5.32 Å². The number of nitrogens with one attached hydrogen (secondary N) is 1. The number of amides is 1. The molecule has 0 saturated carbocycles. The van der Waals surface area contributed by atoms with Gasteiger partial charge in [0.25, 0.3) is 0 Å². The largest absolute Gasteiger partial charge is 0.325 e. The van der Waals surface area contributed by atoms with E-state index in [-0.39, 0.29) is 5.91 Å². The van der Waals surface area contributed by atoms with Crippen LogP contribution in [0.25, 0.3) is 16.6 Å². The van der Waals surface area contributed by atoms with Crippen molar-refractivity contribution in [1.29, 1.82) is 0 Å². The molecule has 0 saturated heterocycles. The summed E-state index contributed by atoms with van der Waals surface area (Å²) < 4.78 is 1.86. The molecule has 112 valence electrons. The van der Waals surface area contributed by atoms with Gasteiger partial charge in [-0.2, -0.15) is 5.10 Å². The SMILES string of the molecule is Cc1cccc(-n2ncc3ccc(NC(=O)[C@H](C)N)cc32)c1. The maximum atomic E-state index is 11.7. The number of rotatable bonds is 3. The Morgan fingerprint density at radius 2 is 2.09 bits per heavy atom. The van der Waals surface area contributed by atoms with Crippen molar-refractivity contribution in [3.63, 3.8) is 0 Å². The molecule has 5 heteroatoms. The Hall–Kier alpha value is -2.66. The second-order valence-corrected chi connectivity index (χ2v) is 5.45. The molecule has 0 radical (unpaired) electrons. The van der Waals surface area contributed by atoms with E-state index < -0.39 is 6.04 Å². The average molecular weight is 294 g/mol. The molecule has 5 nitrogen and oxygen atoms in total. The van der Waals surface area contributed by atoms with Gasteiger partial charge in [-0.05, 0) is 49.7 Å². The number of carbonyl (C=O) groups is 1. The summed E-state index contributed by atoms with van der Waals surface area (Å²) in [5.41, 5.74) is 9.40. The van der Waals surface area contributed by atoms with Crippen LogP contribution in [-0.2, 0) is 4.79 Å². The Balaban J connectivity index is 2.04. The highest BCUT2D eigenvalue weighted by molar-refractivity contribution is 5.96. The first kappa shape index (κ1) is 14.3. The topological polar surface area (TPSA) is 72.9 Å². The van der Waals surface area contributed by atoms with Gasteiger partial charge in [-0.1, -0.05) is 12.1 Å². The van der Waals surface area contributed by atoms with Gasteiger partial charge in [-0.3, -0.25) is 4.79 Å². The molecule has 0 aliphatic carbocycles. The zero-order valence-electron chi connectivity index (χ0n) is 12.6. The summed E-state index contributed by atoms with van der Waals surface area (Å²) in [5.74, 6) is -0.207. The molecule has 2 aromatic carbocycles. The summed E-state index contributed by atoms with van der Waals surface area (Å²) in [6.45, 7) is 3.70. The summed E-state index contributed by atoms with van der Waals surface area (Å²) in [4.78, 5) is 11.7. The van der Waals surface area contributed by atoms with Crippen molar-refractivity contribution < 1.29 is 4.79 Å². The highest BCUT2D eigenvalue weighted by Gasteiger charge is 2.10. The van der Waals surface area contributed by atoms with Gasteiger partial charge in [0.1, 0.15) is 0 Å². The van der Waals surface area contributed by atoms with Crippen molar-refractivity contribution in [3.8, 4) is 5.69 Å². The van der Waals surface area contributed by atoms with Crippen LogP contribution in [0.4, 0.5) is 5.69 Å². The summed E-state index contributed by atoms with van der Waals surface area (Å²) in [7, 11) is 0. The molecule has 1 heterocycles. The fourth-order valence-electron chi connectivity index (χ4n) is 2.32. The van der Waals surface area contributed by atoms with Gasteiger partial charge in [0.05, 0.1) is 23.4 Å². The van der Waals surface area contributed by atoms with Crippen LogP contribution < -0.4 is 11.1 Å². The molecule has 3 rings (SSSR count). The average Bonchev–Trinajstić information content (AvgIpc) is 2.90. The van der Waals surface area contributed by atoms with Crippen molar-refractivity contribution in [3.05, 3.63) is 54.2 Å². The molecular weight excluding hydrogens is 276 g/mol. The molecule has 1 aromatic heterocycles. The lowest BCUT2D eigenvalue weighted by molar-refractivity contribution is -0.117. The summed E-state index contributed by atoms with van der Waals surface area (Å²) in [6, 6.07) is 13.3. The van der Waals surface area contributed by atoms with E-state index >= 15 is 0 Å². The Morgan fingerprint density at radius 3 is 2.82 bits per heavy atom. The van der Waals surface area contributed by atoms with Crippen LogP contribution in [0.1, 0.15) is 12.5 Å². The molecule has 0 bridgehead atoms. The van der Waals surface area contributed by atoms with Crippen molar-refractivity contribution in [2.24, 2.45) is 5.73 Å². The number of nitrogens with two attached hydrogens (primary N) is 1. The minimum absolute atomic E-state index is 0.207. The van der Waals surface area contributed by atoms with Gasteiger partial charge >= 0.3 is 0 Å². The summed E-state index contributed by atoms with van der Waals surface area (Å²) in [6.07, 6.45) is 1.81. The molecule has 0 spiro atoms. The van der Waals surface area contributed by atoms with E-state index in [9.17, 15) is 4.79 Å². The fourth-order valence-corrected chi connectivity index (χ4v) is 2.32. The van der Waals surface area contributed by atoms with Gasteiger partial charge in [-0.15, -0.1) is 0 Å². The molecule has 0 fully saturated rings. The van der Waals surface area contributed by atoms with Gasteiger partial charge in [0, 0.05) is 11.1 Å². The van der Waals surface area contributed by atoms with Crippen LogP contribution in [0.15, 0.2) is 48.7 Å². The van der Waals surface area contributed by atoms with Crippen LogP contribution in [0, 0.1) is 6.92 Å². The number of benzene rings is 2. The van der Waals surface area contributed by atoms with Gasteiger partial charge in [0.2, 0.25) is 5.91 Å². The number of hydrogen-bond acceptors (Lipinski definition) is 3. The summed E-state index contributed by atoms with van der Waals surface area (Å²) in [5, 5.41) is 8.26. The third-order valence-corrected chi connectivity index (χ3v) is 3.50. The molecule has 1 amide bonds. The van der Waals surface area contributed by atoms with Gasteiger partial charge in [-0.25, -0.2) is 4.68 Å². The number of fused-ring (bicyclic) bond motifs is 1. The van der Waals surface area contributed by atoms with Crippen LogP contribution in [0.5, 0.6) is 0 Å². The number of aromatic nitrogens is 2. The van der Waals surface area contributed by atoms with Crippen LogP contribution in [-0.4, -0.2) is 21.7 Å². The van der Waals surface area contributed by atoms with Crippen LogP contribution in [0.3, 0.4) is 0 Å². The zero-order valence-corrected chi connectivity index (χ0v) is 12.6. The van der Waals surface area contributed by atoms with Crippen molar-refractivity contribution in [2.45, 2.75) is 19.9 Å². The lowest BCUT2D eigenvalue weighted by atomic mass is 10.2. The normalized spacial score (nSPS) is 12.3. The lowest BCUT2D eigenvalue weighted by Gasteiger charge is -2.09. The Morgan fingerprint density at radius 1 is 1.27 bits per heavy atom. The Kier molecular flexibility index (Phi) is 3.65. The molecule has 0 aliphatic rings. The third-order valence-electron chi connectivity index (χ3n) is 3.50. The quantitative estimate of drug-likeness (QED) is 0.780. The first-order chi connectivity index (χ1) is 10.5. The predicted molar refractivity (Wildman–Crippen MR) is 88.1 cm³/mol. The number of hydrogen-bond donors (Lipinski definition) is 2. The number of anilines is 1. The van der Waals surface area contributed by atoms with E-state index in [1.54, 1.807) is 6.92 Å². The molecule has 0 aliphatic heterocycles. The second kappa shape index (κ2) is 5.61. The summed E-state index contributed by atoms with van der Waals surface area (Å²) >= 11 is 0. The number of carbonyl (C=O) groups excluding carboxylic acids is 1. The number of aryl methyl sites for hydroxylation is 1.